The van der Waals surface area contributed by atoms with E-state index in [0.29, 0.717) is 0 Å². The molecule has 0 aliphatic carbocycles. The van der Waals surface area contributed by atoms with Gasteiger partial charge in [-0.25, -0.2) is 0 Å². The van der Waals surface area contributed by atoms with Crippen molar-refractivity contribution in [3.05, 3.63) is 181 Å². The minimum Gasteiger partial charge on any atom is -0.456 e. The molecule has 0 saturated carbocycles. The number of nitrogens with one attached hydrogen (secondary N) is 2. The van der Waals surface area contributed by atoms with Gasteiger partial charge in [0.05, 0.1) is 0 Å². The highest BCUT2D eigenvalue weighted by Gasteiger charge is 2.18. The van der Waals surface area contributed by atoms with Crippen molar-refractivity contribution < 1.29 is 8.83 Å². The summed E-state index contributed by atoms with van der Waals surface area (Å²) in [6, 6.07) is 61.9. The summed E-state index contributed by atoms with van der Waals surface area (Å²) in [5, 5.41) is 16.5. The molecule has 0 bridgehead atoms. The summed E-state index contributed by atoms with van der Waals surface area (Å²) < 4.78 is 13.0. The molecule has 9 aromatic carbocycles. The molecule has 0 aliphatic heterocycles. The molecule has 2 N–H and O–H groups in total. The zero-order valence-corrected chi connectivity index (χ0v) is 30.1. The number of furan rings is 2. The van der Waals surface area contributed by atoms with Crippen molar-refractivity contribution >= 4 is 88.2 Å². The monoisotopic (exact) mass is 706 g/mol. The van der Waals surface area contributed by atoms with Crippen LogP contribution in [0.25, 0.3) is 87.7 Å². The highest BCUT2D eigenvalue weighted by atomic mass is 16.3. The molecule has 11 rings (SSSR count). The molecule has 2 heterocycles. The lowest BCUT2D eigenvalue weighted by Crippen LogP contribution is -1.91. The summed E-state index contributed by atoms with van der Waals surface area (Å²) in [5.41, 5.74) is 13.4. The van der Waals surface area contributed by atoms with Crippen LogP contribution in [0.15, 0.2) is 185 Å². The van der Waals surface area contributed by atoms with Crippen molar-refractivity contribution in [3.63, 3.8) is 0 Å². The first-order chi connectivity index (χ1) is 27.1. The van der Waals surface area contributed by atoms with Crippen molar-refractivity contribution in [2.24, 2.45) is 0 Å². The van der Waals surface area contributed by atoms with Gasteiger partial charge in [-0.15, -0.1) is 0 Å². The Bertz CT molecular complexity index is 3250. The molecule has 0 fully saturated rings. The standard InChI is InChI=1S/C51H34N2O2/c1-31-41-15-9-8-12-35(41)27-45-44-28-39(22-25-47(44)54-50(31)45)52-38-20-16-32(17-21-38)34-18-23-42-36(26-34)19-24-48-49(42)46-30-40(53-37-13-6-3-7-14-37)29-43(51(46)55-48)33-10-4-2-5-11-33/h2-30,52-53H,1H3. The second-order valence-electron chi connectivity index (χ2n) is 14.3. The van der Waals surface area contributed by atoms with Gasteiger partial charge in [-0.2, -0.15) is 0 Å². The van der Waals surface area contributed by atoms with E-state index in [-0.39, 0.29) is 0 Å². The third-order valence-corrected chi connectivity index (χ3v) is 10.9. The van der Waals surface area contributed by atoms with Crippen molar-refractivity contribution in [1.82, 2.24) is 0 Å². The zero-order chi connectivity index (χ0) is 36.5. The molecule has 0 aliphatic rings. The fourth-order valence-corrected chi connectivity index (χ4v) is 8.25. The highest BCUT2D eigenvalue weighted by Crippen LogP contribution is 2.43. The molecule has 11 aromatic rings. The number of rotatable bonds is 6. The minimum atomic E-state index is 0.879. The molecule has 0 saturated heterocycles. The summed E-state index contributed by atoms with van der Waals surface area (Å²) in [7, 11) is 0. The molecule has 0 unspecified atom stereocenters. The van der Waals surface area contributed by atoms with E-state index in [0.717, 1.165) is 88.9 Å². The number of para-hydroxylation sites is 1. The molecule has 0 atom stereocenters. The first-order valence-electron chi connectivity index (χ1n) is 18.7. The van der Waals surface area contributed by atoms with Gasteiger partial charge < -0.3 is 19.5 Å². The second kappa shape index (κ2) is 12.4. The number of fused-ring (bicyclic) bond motifs is 9. The van der Waals surface area contributed by atoms with Crippen molar-refractivity contribution in [3.8, 4) is 22.3 Å². The average Bonchev–Trinajstić information content (AvgIpc) is 3.80. The van der Waals surface area contributed by atoms with Gasteiger partial charge in [0.25, 0.3) is 0 Å². The van der Waals surface area contributed by atoms with Gasteiger partial charge in [-0.3, -0.25) is 0 Å². The third-order valence-electron chi connectivity index (χ3n) is 10.9. The molecule has 0 radical (unpaired) electrons. The molecule has 4 heteroatoms. The second-order valence-corrected chi connectivity index (χ2v) is 14.3. The van der Waals surface area contributed by atoms with Crippen LogP contribution in [0, 0.1) is 6.92 Å². The van der Waals surface area contributed by atoms with Crippen molar-refractivity contribution in [2.45, 2.75) is 6.92 Å². The fourth-order valence-electron chi connectivity index (χ4n) is 8.25. The predicted octanol–water partition coefficient (Wildman–Crippen LogP) is 14.9. The maximum Gasteiger partial charge on any atom is 0.143 e. The lowest BCUT2D eigenvalue weighted by Gasteiger charge is -2.11. The fraction of sp³-hybridized carbons (Fsp3) is 0.0196. The van der Waals surface area contributed by atoms with E-state index < -0.39 is 0 Å². The van der Waals surface area contributed by atoms with Gasteiger partial charge >= 0.3 is 0 Å². The number of hydrogen-bond donors (Lipinski definition) is 2. The maximum absolute atomic E-state index is 6.65. The van der Waals surface area contributed by atoms with Gasteiger partial charge in [-0.1, -0.05) is 103 Å². The number of benzene rings is 9. The van der Waals surface area contributed by atoms with Crippen LogP contribution in [0.5, 0.6) is 0 Å². The van der Waals surface area contributed by atoms with Crippen LogP contribution in [-0.4, -0.2) is 0 Å². The van der Waals surface area contributed by atoms with E-state index >= 15 is 0 Å². The Labute approximate surface area is 317 Å². The van der Waals surface area contributed by atoms with E-state index in [4.69, 9.17) is 8.83 Å². The molecule has 4 nitrogen and oxygen atoms in total. The van der Waals surface area contributed by atoms with Crippen LogP contribution in [0.2, 0.25) is 0 Å². The SMILES string of the molecule is Cc1c2ccccc2cc2c1oc1ccc(Nc3ccc(-c4ccc5c(ccc6oc7c(-c8ccccc8)cc(Nc8ccccc8)cc7c65)c4)cc3)cc12. The topological polar surface area (TPSA) is 50.3 Å². The molecular formula is C51H34N2O2. The van der Waals surface area contributed by atoms with E-state index in [1.807, 2.05) is 24.3 Å². The van der Waals surface area contributed by atoms with Gasteiger partial charge in [-0.05, 0) is 118 Å². The van der Waals surface area contributed by atoms with Crippen LogP contribution in [-0.2, 0) is 0 Å². The summed E-state index contributed by atoms with van der Waals surface area (Å²) >= 11 is 0. The Balaban J connectivity index is 0.935. The molecule has 2 aromatic heterocycles. The van der Waals surface area contributed by atoms with Crippen LogP contribution in [0.4, 0.5) is 22.7 Å². The van der Waals surface area contributed by atoms with E-state index in [1.54, 1.807) is 0 Å². The first-order valence-corrected chi connectivity index (χ1v) is 18.7. The summed E-state index contributed by atoms with van der Waals surface area (Å²) in [6.07, 6.45) is 0. The first kappa shape index (κ1) is 31.2. The van der Waals surface area contributed by atoms with Gasteiger partial charge in [0.2, 0.25) is 0 Å². The van der Waals surface area contributed by atoms with E-state index in [1.165, 1.54) is 27.1 Å². The third kappa shape index (κ3) is 5.30. The lowest BCUT2D eigenvalue weighted by atomic mass is 9.96. The summed E-state index contributed by atoms with van der Waals surface area (Å²) in [4.78, 5) is 0. The maximum atomic E-state index is 6.65. The zero-order valence-electron chi connectivity index (χ0n) is 30.1. The minimum absolute atomic E-state index is 0.879. The normalized spacial score (nSPS) is 11.7. The van der Waals surface area contributed by atoms with Crippen molar-refractivity contribution in [2.75, 3.05) is 10.6 Å². The number of aryl methyl sites for hydroxylation is 1. The van der Waals surface area contributed by atoms with Gasteiger partial charge in [0.1, 0.15) is 22.3 Å². The van der Waals surface area contributed by atoms with Gasteiger partial charge in [0.15, 0.2) is 0 Å². The smallest absolute Gasteiger partial charge is 0.143 e. The van der Waals surface area contributed by atoms with E-state index in [2.05, 4.69) is 169 Å². The average molecular weight is 707 g/mol. The predicted molar refractivity (Wildman–Crippen MR) is 231 cm³/mol. The van der Waals surface area contributed by atoms with Crippen LogP contribution < -0.4 is 10.6 Å². The number of anilines is 4. The number of hydrogen-bond acceptors (Lipinski definition) is 4. The Hall–Kier alpha value is -7.30. The summed E-state index contributed by atoms with van der Waals surface area (Å²) in [5.74, 6) is 0. The molecular weight excluding hydrogens is 673 g/mol. The van der Waals surface area contributed by atoms with Crippen LogP contribution in [0.1, 0.15) is 5.56 Å². The molecule has 55 heavy (non-hydrogen) atoms. The van der Waals surface area contributed by atoms with Crippen LogP contribution in [0.3, 0.4) is 0 Å². The molecule has 0 spiro atoms. The van der Waals surface area contributed by atoms with Gasteiger partial charge in [0, 0.05) is 55.4 Å². The largest absolute Gasteiger partial charge is 0.456 e. The highest BCUT2D eigenvalue weighted by molar-refractivity contribution is 6.22. The van der Waals surface area contributed by atoms with E-state index in [9.17, 15) is 0 Å². The molecule has 0 amide bonds. The van der Waals surface area contributed by atoms with Crippen LogP contribution >= 0.6 is 0 Å². The quantitative estimate of drug-likeness (QED) is 0.181. The Morgan fingerprint density at radius 1 is 0.364 bits per heavy atom. The van der Waals surface area contributed by atoms with Crippen molar-refractivity contribution in [1.29, 1.82) is 0 Å². The molecule has 260 valence electrons. The Morgan fingerprint density at radius 3 is 1.87 bits per heavy atom. The Morgan fingerprint density at radius 2 is 1.02 bits per heavy atom. The summed E-state index contributed by atoms with van der Waals surface area (Å²) in [6.45, 7) is 2.14. The lowest BCUT2D eigenvalue weighted by molar-refractivity contribution is 0.666. The Kier molecular flexibility index (Phi) is 7.04.